The minimum atomic E-state index is 1.11. The molecule has 0 unspecified atom stereocenters. The molecule has 0 saturated heterocycles. The summed E-state index contributed by atoms with van der Waals surface area (Å²) in [4.78, 5) is 0. The average molecular weight is 343 g/mol. The summed E-state index contributed by atoms with van der Waals surface area (Å²) >= 11 is 4.60. The third-order valence-corrected chi connectivity index (χ3v) is 4.24. The van der Waals surface area contributed by atoms with Crippen LogP contribution in [0.5, 0.6) is 0 Å². The van der Waals surface area contributed by atoms with Crippen LogP contribution in [0.15, 0.2) is 18.2 Å². The molecule has 0 spiro atoms. The van der Waals surface area contributed by atoms with Crippen molar-refractivity contribution < 1.29 is 0 Å². The predicted molar refractivity (Wildman–Crippen MR) is 56.3 cm³/mol. The van der Waals surface area contributed by atoms with Crippen molar-refractivity contribution >= 4 is 45.2 Å². The summed E-state index contributed by atoms with van der Waals surface area (Å²) in [6.07, 6.45) is 0. The number of rotatable bonds is 0. The van der Waals surface area contributed by atoms with E-state index in [4.69, 9.17) is 0 Å². The largest absolute Gasteiger partial charge is 0.0609 e. The van der Waals surface area contributed by atoms with E-state index in [1.165, 1.54) is 7.14 Å². The first kappa shape index (κ1) is 7.78. The summed E-state index contributed by atoms with van der Waals surface area (Å²) in [5.41, 5.74) is 1.11. The van der Waals surface area contributed by atoms with Gasteiger partial charge in [0.25, 0.3) is 0 Å². The summed E-state index contributed by atoms with van der Waals surface area (Å²) in [6.45, 7) is 3.87. The zero-order valence-electron chi connectivity index (χ0n) is 4.70. The second kappa shape index (κ2) is 3.18. The molecule has 1 rings (SSSR count). The Hall–Kier alpha value is 0.680. The van der Waals surface area contributed by atoms with E-state index in [0.717, 1.165) is 5.56 Å². The van der Waals surface area contributed by atoms with Crippen LogP contribution >= 0.6 is 45.2 Å². The van der Waals surface area contributed by atoms with E-state index in [1.54, 1.807) is 0 Å². The van der Waals surface area contributed by atoms with Gasteiger partial charge in [0.05, 0.1) is 0 Å². The van der Waals surface area contributed by atoms with Gasteiger partial charge in [-0.15, -0.1) is 0 Å². The fourth-order valence-corrected chi connectivity index (χ4v) is 1.46. The Morgan fingerprint density at radius 3 is 2.33 bits per heavy atom. The Kier molecular flexibility index (Phi) is 2.75. The first-order valence-corrected chi connectivity index (χ1v) is 4.63. The molecule has 0 bridgehead atoms. The van der Waals surface area contributed by atoms with Gasteiger partial charge in [0.2, 0.25) is 0 Å². The van der Waals surface area contributed by atoms with E-state index in [0.29, 0.717) is 0 Å². The smallest absolute Gasteiger partial charge is 0.0296 e. The molecule has 0 amide bonds. The summed E-state index contributed by atoms with van der Waals surface area (Å²) < 4.78 is 2.54. The van der Waals surface area contributed by atoms with Gasteiger partial charge >= 0.3 is 0 Å². The SMILES string of the molecule is [CH2]c1cccc(I)c1I. The zero-order chi connectivity index (χ0) is 6.85. The molecule has 0 heterocycles. The van der Waals surface area contributed by atoms with Crippen LogP contribution in [0.1, 0.15) is 5.56 Å². The fraction of sp³-hybridized carbons (Fsp3) is 0. The third-order valence-electron chi connectivity index (χ3n) is 1.03. The number of benzene rings is 1. The van der Waals surface area contributed by atoms with Gasteiger partial charge in [0, 0.05) is 7.14 Å². The maximum Gasteiger partial charge on any atom is 0.0296 e. The van der Waals surface area contributed by atoms with Gasteiger partial charge < -0.3 is 0 Å². The van der Waals surface area contributed by atoms with E-state index in [9.17, 15) is 0 Å². The molecule has 0 aliphatic rings. The van der Waals surface area contributed by atoms with Crippen molar-refractivity contribution in [3.05, 3.63) is 37.8 Å². The predicted octanol–water partition coefficient (Wildman–Crippen LogP) is 3.08. The Morgan fingerprint density at radius 2 is 1.89 bits per heavy atom. The number of halogens is 2. The first-order valence-electron chi connectivity index (χ1n) is 2.48. The van der Waals surface area contributed by atoms with Gasteiger partial charge in [-0.05, 0) is 63.7 Å². The highest BCUT2D eigenvalue weighted by molar-refractivity contribution is 14.1. The Bertz CT molecular complexity index is 198. The molecule has 1 aromatic carbocycles. The highest BCUT2D eigenvalue weighted by atomic mass is 127. The summed E-state index contributed by atoms with van der Waals surface area (Å²) in [6, 6.07) is 6.12. The molecule has 0 aliphatic carbocycles. The molecule has 47 valence electrons. The Morgan fingerprint density at radius 1 is 1.22 bits per heavy atom. The average Bonchev–Trinajstić information content (AvgIpc) is 1.83. The topological polar surface area (TPSA) is 0 Å². The fourth-order valence-electron chi connectivity index (χ4n) is 0.548. The van der Waals surface area contributed by atoms with Gasteiger partial charge in [0.15, 0.2) is 0 Å². The number of hydrogen-bond donors (Lipinski definition) is 0. The van der Waals surface area contributed by atoms with Gasteiger partial charge in [-0.25, -0.2) is 0 Å². The lowest BCUT2D eigenvalue weighted by Crippen LogP contribution is -1.81. The molecule has 0 aromatic heterocycles. The van der Waals surface area contributed by atoms with Crippen molar-refractivity contribution in [2.75, 3.05) is 0 Å². The van der Waals surface area contributed by atoms with Crippen LogP contribution in [0, 0.1) is 14.1 Å². The lowest BCUT2D eigenvalue weighted by atomic mass is 10.2. The van der Waals surface area contributed by atoms with Crippen molar-refractivity contribution in [1.82, 2.24) is 0 Å². The minimum absolute atomic E-state index is 1.11. The molecule has 0 aliphatic heterocycles. The molecule has 0 N–H and O–H groups in total. The zero-order valence-corrected chi connectivity index (χ0v) is 9.01. The maximum atomic E-state index is 3.87. The second-order valence-corrected chi connectivity index (χ2v) is 3.95. The van der Waals surface area contributed by atoms with E-state index < -0.39 is 0 Å². The third kappa shape index (κ3) is 1.80. The van der Waals surface area contributed by atoms with Crippen molar-refractivity contribution in [3.63, 3.8) is 0 Å². The summed E-state index contributed by atoms with van der Waals surface area (Å²) in [5, 5.41) is 0. The van der Waals surface area contributed by atoms with Crippen LogP contribution < -0.4 is 0 Å². The Balaban J connectivity index is 3.25. The monoisotopic (exact) mass is 343 g/mol. The molecule has 9 heavy (non-hydrogen) atoms. The van der Waals surface area contributed by atoms with Crippen LogP contribution in [0.3, 0.4) is 0 Å². The van der Waals surface area contributed by atoms with Gasteiger partial charge in [-0.1, -0.05) is 12.1 Å². The van der Waals surface area contributed by atoms with E-state index in [-0.39, 0.29) is 0 Å². The summed E-state index contributed by atoms with van der Waals surface area (Å²) in [5.74, 6) is 0. The van der Waals surface area contributed by atoms with Gasteiger partial charge in [0.1, 0.15) is 0 Å². The van der Waals surface area contributed by atoms with Gasteiger partial charge in [-0.3, -0.25) is 0 Å². The molecule has 1 aromatic rings. The number of hydrogen-bond acceptors (Lipinski definition) is 0. The van der Waals surface area contributed by atoms with Crippen LogP contribution in [-0.4, -0.2) is 0 Å². The van der Waals surface area contributed by atoms with Gasteiger partial charge in [-0.2, -0.15) is 0 Å². The van der Waals surface area contributed by atoms with Crippen LogP contribution in [-0.2, 0) is 0 Å². The van der Waals surface area contributed by atoms with E-state index in [2.05, 4.69) is 58.2 Å². The highest BCUT2D eigenvalue weighted by Gasteiger charge is 1.95. The summed E-state index contributed by atoms with van der Waals surface area (Å²) in [7, 11) is 0. The first-order chi connectivity index (χ1) is 4.22. The van der Waals surface area contributed by atoms with Crippen molar-refractivity contribution in [2.45, 2.75) is 0 Å². The molecule has 0 fully saturated rings. The highest BCUT2D eigenvalue weighted by Crippen LogP contribution is 2.17. The van der Waals surface area contributed by atoms with Crippen molar-refractivity contribution in [2.24, 2.45) is 0 Å². The maximum absolute atomic E-state index is 3.87. The van der Waals surface area contributed by atoms with E-state index >= 15 is 0 Å². The van der Waals surface area contributed by atoms with E-state index in [1.807, 2.05) is 12.1 Å². The molecule has 0 nitrogen and oxygen atoms in total. The molecule has 1 radical (unpaired) electrons. The van der Waals surface area contributed by atoms with Crippen molar-refractivity contribution in [3.8, 4) is 0 Å². The van der Waals surface area contributed by atoms with Crippen LogP contribution in [0.25, 0.3) is 0 Å². The molecule has 0 atom stereocenters. The second-order valence-electron chi connectivity index (χ2n) is 1.71. The Labute approximate surface area is 82.3 Å². The quantitative estimate of drug-likeness (QED) is 0.636. The van der Waals surface area contributed by atoms with Crippen molar-refractivity contribution in [1.29, 1.82) is 0 Å². The standard InChI is InChI=1S/C7H5I2/c1-5-3-2-4-6(8)7(5)9/h2-4H,1H2. The molecular formula is C7H5I2. The van der Waals surface area contributed by atoms with Crippen LogP contribution in [0.4, 0.5) is 0 Å². The molecule has 2 heteroatoms. The molecular weight excluding hydrogens is 338 g/mol. The van der Waals surface area contributed by atoms with Crippen LogP contribution in [0.2, 0.25) is 0 Å². The minimum Gasteiger partial charge on any atom is -0.0609 e. The lowest BCUT2D eigenvalue weighted by molar-refractivity contribution is 1.51. The molecule has 0 saturated carbocycles. The normalized spacial score (nSPS) is 9.67. The lowest BCUT2D eigenvalue weighted by Gasteiger charge is -1.97.